The lowest BCUT2D eigenvalue weighted by molar-refractivity contribution is 0.0848. The minimum Gasteiger partial charge on any atom is -0.494 e. The molecule has 3 aromatic rings. The molecule has 0 unspecified atom stereocenters. The van der Waals surface area contributed by atoms with Gasteiger partial charge in [-0.2, -0.15) is 5.10 Å². The third kappa shape index (κ3) is 4.64. The van der Waals surface area contributed by atoms with Gasteiger partial charge in [0.05, 0.1) is 23.6 Å². The molecule has 3 rings (SSSR count). The number of rotatable bonds is 5. The third-order valence-electron chi connectivity index (χ3n) is 4.66. The molecule has 9 nitrogen and oxygen atoms in total. The standard InChI is InChI=1S/C21H23N5O4S/c1-6-30-15-9-7-14(8-10-15)18(27)23-24-19(28)17-13(4)22-20(31-17)16-11(2)12(3)25-26(5)21(16)29/h7-10H,6H2,1-5H3,(H,23,27)(H,24,28). The molecular formula is C21H23N5O4S. The first-order valence-corrected chi connectivity index (χ1v) is 10.4. The van der Waals surface area contributed by atoms with Gasteiger partial charge < -0.3 is 4.74 Å². The maximum absolute atomic E-state index is 12.6. The summed E-state index contributed by atoms with van der Waals surface area (Å²) in [6.07, 6.45) is 0. The molecule has 2 N–H and O–H groups in total. The number of carbonyl (C=O) groups excluding carboxylic acids is 2. The second-order valence-electron chi connectivity index (χ2n) is 6.81. The van der Waals surface area contributed by atoms with Gasteiger partial charge in [0.25, 0.3) is 17.4 Å². The van der Waals surface area contributed by atoms with Gasteiger partial charge in [-0.05, 0) is 57.5 Å². The van der Waals surface area contributed by atoms with Gasteiger partial charge in [-0.1, -0.05) is 0 Å². The minimum absolute atomic E-state index is 0.285. The van der Waals surface area contributed by atoms with Crippen molar-refractivity contribution in [3.63, 3.8) is 0 Å². The first-order valence-electron chi connectivity index (χ1n) is 9.58. The largest absolute Gasteiger partial charge is 0.494 e. The van der Waals surface area contributed by atoms with Gasteiger partial charge in [0.15, 0.2) is 0 Å². The molecule has 2 heterocycles. The van der Waals surface area contributed by atoms with Gasteiger partial charge in [0.2, 0.25) is 0 Å². The number of hydrogen-bond acceptors (Lipinski definition) is 7. The Morgan fingerprint density at radius 3 is 2.35 bits per heavy atom. The van der Waals surface area contributed by atoms with Crippen molar-refractivity contribution in [1.29, 1.82) is 0 Å². The summed E-state index contributed by atoms with van der Waals surface area (Å²) in [6, 6.07) is 6.57. The van der Waals surface area contributed by atoms with E-state index in [-0.39, 0.29) is 5.56 Å². The Balaban J connectivity index is 1.76. The molecule has 0 spiro atoms. The molecule has 162 valence electrons. The average Bonchev–Trinajstić information content (AvgIpc) is 3.12. The van der Waals surface area contributed by atoms with E-state index in [2.05, 4.69) is 20.9 Å². The van der Waals surface area contributed by atoms with Crippen LogP contribution >= 0.6 is 11.3 Å². The highest BCUT2D eigenvalue weighted by Crippen LogP contribution is 2.28. The van der Waals surface area contributed by atoms with E-state index in [1.807, 2.05) is 13.8 Å². The smallest absolute Gasteiger partial charge is 0.281 e. The molecule has 2 aromatic heterocycles. The van der Waals surface area contributed by atoms with E-state index in [4.69, 9.17) is 4.74 Å². The van der Waals surface area contributed by atoms with E-state index in [1.165, 1.54) is 4.68 Å². The van der Waals surface area contributed by atoms with Gasteiger partial charge in [0.1, 0.15) is 15.6 Å². The topological polar surface area (TPSA) is 115 Å². The summed E-state index contributed by atoms with van der Waals surface area (Å²) in [7, 11) is 1.57. The summed E-state index contributed by atoms with van der Waals surface area (Å²) in [6.45, 7) is 7.69. The van der Waals surface area contributed by atoms with E-state index in [9.17, 15) is 14.4 Å². The highest BCUT2D eigenvalue weighted by atomic mass is 32.1. The number of thiazole rings is 1. The molecule has 0 atom stereocenters. The summed E-state index contributed by atoms with van der Waals surface area (Å²) in [5.74, 6) is -0.322. The first-order chi connectivity index (χ1) is 14.7. The molecule has 2 amide bonds. The van der Waals surface area contributed by atoms with Gasteiger partial charge >= 0.3 is 0 Å². The van der Waals surface area contributed by atoms with E-state index < -0.39 is 11.8 Å². The zero-order valence-electron chi connectivity index (χ0n) is 17.9. The molecule has 1 aromatic carbocycles. The maximum atomic E-state index is 12.6. The van der Waals surface area contributed by atoms with Crippen molar-refractivity contribution >= 4 is 23.2 Å². The fraction of sp³-hybridized carbons (Fsp3) is 0.286. The number of hydrazine groups is 1. The van der Waals surface area contributed by atoms with Crippen molar-refractivity contribution in [3.8, 4) is 16.3 Å². The van der Waals surface area contributed by atoms with E-state index in [0.29, 0.717) is 50.3 Å². The van der Waals surface area contributed by atoms with Crippen LogP contribution in [0.25, 0.3) is 10.6 Å². The Kier molecular flexibility index (Phi) is 6.50. The molecule has 31 heavy (non-hydrogen) atoms. The van der Waals surface area contributed by atoms with Crippen molar-refractivity contribution in [2.24, 2.45) is 7.05 Å². The fourth-order valence-electron chi connectivity index (χ4n) is 2.93. The van der Waals surface area contributed by atoms with Gasteiger partial charge in [0, 0.05) is 12.6 Å². The Labute approximate surface area is 183 Å². The van der Waals surface area contributed by atoms with Crippen molar-refractivity contribution in [1.82, 2.24) is 25.6 Å². The highest BCUT2D eigenvalue weighted by molar-refractivity contribution is 7.17. The number of nitrogens with one attached hydrogen (secondary N) is 2. The summed E-state index contributed by atoms with van der Waals surface area (Å²) in [4.78, 5) is 42.2. The SMILES string of the molecule is CCOc1ccc(C(=O)NNC(=O)c2sc(-c3c(C)c(C)nn(C)c3=O)nc2C)cc1. The van der Waals surface area contributed by atoms with Gasteiger partial charge in [-0.15, -0.1) is 11.3 Å². The van der Waals surface area contributed by atoms with Crippen LogP contribution < -0.4 is 21.1 Å². The number of nitrogens with zero attached hydrogens (tertiary/aromatic N) is 3. The van der Waals surface area contributed by atoms with Crippen molar-refractivity contribution in [2.45, 2.75) is 27.7 Å². The number of ether oxygens (including phenoxy) is 1. The van der Waals surface area contributed by atoms with E-state index >= 15 is 0 Å². The van der Waals surface area contributed by atoms with E-state index in [0.717, 1.165) is 11.3 Å². The van der Waals surface area contributed by atoms with Crippen LogP contribution in [-0.2, 0) is 7.05 Å². The number of amides is 2. The molecule has 0 aliphatic rings. The number of benzene rings is 1. The molecule has 0 bridgehead atoms. The summed E-state index contributed by atoms with van der Waals surface area (Å²) in [5, 5.41) is 4.60. The van der Waals surface area contributed by atoms with Crippen LogP contribution in [0, 0.1) is 20.8 Å². The summed E-state index contributed by atoms with van der Waals surface area (Å²) in [5.41, 5.74) is 7.18. The van der Waals surface area contributed by atoms with Gasteiger partial charge in [-0.25, -0.2) is 9.67 Å². The molecule has 0 saturated heterocycles. The Bertz CT molecular complexity index is 1200. The number of aromatic nitrogens is 3. The molecule has 0 fully saturated rings. The summed E-state index contributed by atoms with van der Waals surface area (Å²) >= 11 is 1.09. The monoisotopic (exact) mass is 441 g/mol. The van der Waals surface area contributed by atoms with Crippen molar-refractivity contribution in [3.05, 3.63) is 62.0 Å². The lowest BCUT2D eigenvalue weighted by Crippen LogP contribution is -2.41. The highest BCUT2D eigenvalue weighted by Gasteiger charge is 2.21. The normalized spacial score (nSPS) is 10.6. The van der Waals surface area contributed by atoms with Crippen molar-refractivity contribution < 1.29 is 14.3 Å². The van der Waals surface area contributed by atoms with Crippen LogP contribution in [-0.4, -0.2) is 33.2 Å². The lowest BCUT2D eigenvalue weighted by Gasteiger charge is -2.08. The molecule has 0 aliphatic carbocycles. The second-order valence-corrected chi connectivity index (χ2v) is 7.81. The van der Waals surface area contributed by atoms with Crippen LogP contribution in [0.5, 0.6) is 5.75 Å². The van der Waals surface area contributed by atoms with Crippen molar-refractivity contribution in [2.75, 3.05) is 6.61 Å². The number of carbonyl (C=O) groups is 2. The molecule has 0 radical (unpaired) electrons. The first kappa shape index (κ1) is 22.2. The molecule has 0 aliphatic heterocycles. The molecular weight excluding hydrogens is 418 g/mol. The maximum Gasteiger partial charge on any atom is 0.281 e. The fourth-order valence-corrected chi connectivity index (χ4v) is 3.98. The number of hydrogen-bond donors (Lipinski definition) is 2. The van der Waals surface area contributed by atoms with Gasteiger partial charge in [-0.3, -0.25) is 25.2 Å². The predicted octanol–water partition coefficient (Wildman–Crippen LogP) is 2.30. The quantitative estimate of drug-likeness (QED) is 0.587. The Hall–Kier alpha value is -3.53. The molecule has 0 saturated carbocycles. The minimum atomic E-state index is -0.513. The zero-order chi connectivity index (χ0) is 22.7. The predicted molar refractivity (Wildman–Crippen MR) is 117 cm³/mol. The number of aryl methyl sites for hydroxylation is 3. The van der Waals surface area contributed by atoms with Crippen LogP contribution in [0.15, 0.2) is 29.1 Å². The molecule has 10 heteroatoms. The van der Waals surface area contributed by atoms with Crippen LogP contribution in [0.3, 0.4) is 0 Å². The van der Waals surface area contributed by atoms with Crippen LogP contribution in [0.1, 0.15) is 43.9 Å². The zero-order valence-corrected chi connectivity index (χ0v) is 18.7. The lowest BCUT2D eigenvalue weighted by atomic mass is 10.1. The van der Waals surface area contributed by atoms with E-state index in [1.54, 1.807) is 45.2 Å². The third-order valence-corrected chi connectivity index (χ3v) is 5.83. The summed E-state index contributed by atoms with van der Waals surface area (Å²) < 4.78 is 6.60. The Morgan fingerprint density at radius 2 is 1.71 bits per heavy atom. The van der Waals surface area contributed by atoms with Crippen LogP contribution in [0.2, 0.25) is 0 Å². The average molecular weight is 442 g/mol. The van der Waals surface area contributed by atoms with Crippen LogP contribution in [0.4, 0.5) is 0 Å². The Morgan fingerprint density at radius 1 is 1.06 bits per heavy atom. The second kappa shape index (κ2) is 9.09.